The molecule has 1 aromatic heterocycles. The van der Waals surface area contributed by atoms with E-state index in [1.54, 1.807) is 13.0 Å². The normalized spacial score (nSPS) is 10.3. The zero-order valence-electron chi connectivity index (χ0n) is 7.53. The van der Waals surface area contributed by atoms with E-state index in [1.807, 2.05) is 13.8 Å². The third kappa shape index (κ3) is 1.67. The summed E-state index contributed by atoms with van der Waals surface area (Å²) in [6.45, 7) is 5.82. The van der Waals surface area contributed by atoms with E-state index in [1.165, 1.54) is 0 Å². The van der Waals surface area contributed by atoms with Gasteiger partial charge in [-0.15, -0.1) is 0 Å². The van der Waals surface area contributed by atoms with Crippen LogP contribution in [0, 0.1) is 6.92 Å². The van der Waals surface area contributed by atoms with Gasteiger partial charge in [0.1, 0.15) is 0 Å². The molecule has 1 rings (SSSR count). The minimum absolute atomic E-state index is 0.316. The predicted octanol–water partition coefficient (Wildman–Crippen LogP) is 1.72. The highest BCUT2D eigenvalue weighted by Crippen LogP contribution is 2.12. The fourth-order valence-corrected chi connectivity index (χ4v) is 0.885. The standard InChI is InChI=1S/C9H12N2O/c1-6(2)9-4-8(5-12)7(3)10-11-9/h4-6H,1-3H3. The van der Waals surface area contributed by atoms with Gasteiger partial charge in [0.05, 0.1) is 11.4 Å². The maximum atomic E-state index is 10.5. The summed E-state index contributed by atoms with van der Waals surface area (Å²) in [4.78, 5) is 10.5. The predicted molar refractivity (Wildman–Crippen MR) is 46.2 cm³/mol. The molecule has 0 aliphatic heterocycles. The van der Waals surface area contributed by atoms with Gasteiger partial charge in [-0.05, 0) is 18.9 Å². The van der Waals surface area contributed by atoms with Crippen LogP contribution in [-0.4, -0.2) is 16.5 Å². The van der Waals surface area contributed by atoms with Crippen molar-refractivity contribution in [2.24, 2.45) is 0 Å². The summed E-state index contributed by atoms with van der Waals surface area (Å²) in [6, 6.07) is 1.79. The number of hydrogen-bond acceptors (Lipinski definition) is 3. The molecule has 3 heteroatoms. The zero-order chi connectivity index (χ0) is 9.14. The summed E-state index contributed by atoms with van der Waals surface area (Å²) in [5.74, 6) is 0.316. The van der Waals surface area contributed by atoms with Gasteiger partial charge in [0.2, 0.25) is 0 Å². The maximum absolute atomic E-state index is 10.5. The fraction of sp³-hybridized carbons (Fsp3) is 0.444. The molecular formula is C9H12N2O. The molecule has 0 aliphatic rings. The number of nitrogens with zero attached hydrogens (tertiary/aromatic N) is 2. The monoisotopic (exact) mass is 164 g/mol. The van der Waals surface area contributed by atoms with Gasteiger partial charge < -0.3 is 0 Å². The molecule has 0 radical (unpaired) electrons. The molecule has 64 valence electrons. The van der Waals surface area contributed by atoms with E-state index in [2.05, 4.69) is 10.2 Å². The largest absolute Gasteiger partial charge is 0.298 e. The van der Waals surface area contributed by atoms with Crippen molar-refractivity contribution in [2.45, 2.75) is 26.7 Å². The number of rotatable bonds is 2. The first-order valence-electron chi connectivity index (χ1n) is 3.94. The minimum atomic E-state index is 0.316. The van der Waals surface area contributed by atoms with Crippen molar-refractivity contribution >= 4 is 6.29 Å². The highest BCUT2D eigenvalue weighted by atomic mass is 16.1. The van der Waals surface area contributed by atoms with Crippen LogP contribution < -0.4 is 0 Å². The molecule has 0 spiro atoms. The molecule has 1 aromatic rings. The molecule has 0 saturated heterocycles. The van der Waals surface area contributed by atoms with E-state index in [0.717, 1.165) is 12.0 Å². The molecule has 0 aromatic carbocycles. The van der Waals surface area contributed by atoms with Gasteiger partial charge in [0, 0.05) is 5.56 Å². The molecule has 0 N–H and O–H groups in total. The van der Waals surface area contributed by atoms with Crippen molar-refractivity contribution in [1.29, 1.82) is 0 Å². The van der Waals surface area contributed by atoms with Crippen molar-refractivity contribution in [2.75, 3.05) is 0 Å². The van der Waals surface area contributed by atoms with Crippen molar-refractivity contribution in [1.82, 2.24) is 10.2 Å². The fourth-order valence-electron chi connectivity index (χ4n) is 0.885. The van der Waals surface area contributed by atoms with Crippen LogP contribution in [0.1, 0.15) is 41.5 Å². The smallest absolute Gasteiger partial charge is 0.152 e. The third-order valence-corrected chi connectivity index (χ3v) is 1.76. The molecule has 0 unspecified atom stereocenters. The number of hydrogen-bond donors (Lipinski definition) is 0. The molecule has 0 fully saturated rings. The Morgan fingerprint density at radius 3 is 2.58 bits per heavy atom. The second kappa shape index (κ2) is 3.43. The Balaban J connectivity index is 3.13. The number of carbonyl (C=O) groups is 1. The first-order chi connectivity index (χ1) is 5.65. The van der Waals surface area contributed by atoms with Crippen molar-refractivity contribution in [3.63, 3.8) is 0 Å². The Morgan fingerprint density at radius 2 is 2.08 bits per heavy atom. The van der Waals surface area contributed by atoms with Gasteiger partial charge in [0.25, 0.3) is 0 Å². The van der Waals surface area contributed by atoms with Crippen LogP contribution in [0.25, 0.3) is 0 Å². The van der Waals surface area contributed by atoms with E-state index in [-0.39, 0.29) is 0 Å². The van der Waals surface area contributed by atoms with E-state index < -0.39 is 0 Å². The number of aryl methyl sites for hydroxylation is 1. The Kier molecular flexibility index (Phi) is 2.53. The van der Waals surface area contributed by atoms with Crippen LogP contribution in [-0.2, 0) is 0 Å². The summed E-state index contributed by atoms with van der Waals surface area (Å²) in [7, 11) is 0. The summed E-state index contributed by atoms with van der Waals surface area (Å²) >= 11 is 0. The second-order valence-corrected chi connectivity index (χ2v) is 3.08. The maximum Gasteiger partial charge on any atom is 0.152 e. The van der Waals surface area contributed by atoms with E-state index in [9.17, 15) is 4.79 Å². The van der Waals surface area contributed by atoms with Gasteiger partial charge in [-0.2, -0.15) is 10.2 Å². The SMILES string of the molecule is Cc1nnc(C(C)C)cc1C=O. The van der Waals surface area contributed by atoms with Gasteiger partial charge >= 0.3 is 0 Å². The molecule has 1 heterocycles. The van der Waals surface area contributed by atoms with Gasteiger partial charge in [-0.25, -0.2) is 0 Å². The van der Waals surface area contributed by atoms with E-state index in [4.69, 9.17) is 0 Å². The number of aromatic nitrogens is 2. The van der Waals surface area contributed by atoms with Crippen LogP contribution in [0.5, 0.6) is 0 Å². The molecule has 0 amide bonds. The highest BCUT2D eigenvalue weighted by Gasteiger charge is 2.04. The van der Waals surface area contributed by atoms with E-state index in [0.29, 0.717) is 17.2 Å². The number of aldehydes is 1. The van der Waals surface area contributed by atoms with Crippen LogP contribution in [0.3, 0.4) is 0 Å². The van der Waals surface area contributed by atoms with Crippen molar-refractivity contribution in [3.8, 4) is 0 Å². The lowest BCUT2D eigenvalue weighted by Crippen LogP contribution is -2.00. The zero-order valence-corrected chi connectivity index (χ0v) is 7.53. The van der Waals surface area contributed by atoms with E-state index >= 15 is 0 Å². The summed E-state index contributed by atoms with van der Waals surface area (Å²) in [6.07, 6.45) is 0.815. The lowest BCUT2D eigenvalue weighted by atomic mass is 10.1. The van der Waals surface area contributed by atoms with Crippen molar-refractivity contribution < 1.29 is 4.79 Å². The van der Waals surface area contributed by atoms with Crippen LogP contribution >= 0.6 is 0 Å². The lowest BCUT2D eigenvalue weighted by molar-refractivity contribution is 0.112. The summed E-state index contributed by atoms with van der Waals surface area (Å²) in [5.41, 5.74) is 2.19. The molecule has 0 bridgehead atoms. The molecule has 3 nitrogen and oxygen atoms in total. The molecule has 0 aliphatic carbocycles. The first kappa shape index (κ1) is 8.84. The average molecular weight is 164 g/mol. The van der Waals surface area contributed by atoms with Crippen LogP contribution in [0.4, 0.5) is 0 Å². The second-order valence-electron chi connectivity index (χ2n) is 3.08. The molecule has 0 saturated carbocycles. The Morgan fingerprint density at radius 1 is 1.42 bits per heavy atom. The Labute approximate surface area is 71.8 Å². The van der Waals surface area contributed by atoms with Crippen LogP contribution in [0.15, 0.2) is 6.07 Å². The Bertz CT molecular complexity index is 295. The lowest BCUT2D eigenvalue weighted by Gasteiger charge is -2.04. The van der Waals surface area contributed by atoms with Crippen molar-refractivity contribution in [3.05, 3.63) is 23.0 Å². The molecular weight excluding hydrogens is 152 g/mol. The van der Waals surface area contributed by atoms with Crippen LogP contribution in [0.2, 0.25) is 0 Å². The van der Waals surface area contributed by atoms with Gasteiger partial charge in [-0.3, -0.25) is 4.79 Å². The average Bonchev–Trinajstić information content (AvgIpc) is 2.05. The third-order valence-electron chi connectivity index (χ3n) is 1.76. The summed E-state index contributed by atoms with van der Waals surface area (Å²) in [5, 5.41) is 7.87. The molecule has 0 atom stereocenters. The summed E-state index contributed by atoms with van der Waals surface area (Å²) < 4.78 is 0. The topological polar surface area (TPSA) is 42.9 Å². The first-order valence-corrected chi connectivity index (χ1v) is 3.94. The Hall–Kier alpha value is -1.25. The quantitative estimate of drug-likeness (QED) is 0.625. The number of carbonyl (C=O) groups excluding carboxylic acids is 1. The molecule has 12 heavy (non-hydrogen) atoms. The minimum Gasteiger partial charge on any atom is -0.298 e. The highest BCUT2D eigenvalue weighted by molar-refractivity contribution is 5.76. The van der Waals surface area contributed by atoms with Gasteiger partial charge in [-0.1, -0.05) is 13.8 Å². The van der Waals surface area contributed by atoms with Gasteiger partial charge in [0.15, 0.2) is 6.29 Å².